The molecule has 122 valence electrons. The highest BCUT2D eigenvalue weighted by atomic mass is 32.2. The van der Waals surface area contributed by atoms with Crippen molar-refractivity contribution in [3.63, 3.8) is 0 Å². The highest BCUT2D eigenvalue weighted by Crippen LogP contribution is 2.31. The molecule has 2 fully saturated rings. The van der Waals surface area contributed by atoms with Gasteiger partial charge in [-0.1, -0.05) is 0 Å². The van der Waals surface area contributed by atoms with E-state index in [0.717, 1.165) is 22.1 Å². The summed E-state index contributed by atoms with van der Waals surface area (Å²) in [6, 6.07) is 3.19. The van der Waals surface area contributed by atoms with Gasteiger partial charge in [0.25, 0.3) is 0 Å². The van der Waals surface area contributed by atoms with Crippen LogP contribution in [-0.2, 0) is 0 Å². The summed E-state index contributed by atoms with van der Waals surface area (Å²) in [6.07, 6.45) is 13.7. The average Bonchev–Trinajstić information content (AvgIpc) is 3.16. The maximum Gasteiger partial charge on any atom is 0.131 e. The second kappa shape index (κ2) is 7.77. The topological polar surface area (TPSA) is 49.8 Å². The zero-order valence-corrected chi connectivity index (χ0v) is 15.1. The van der Waals surface area contributed by atoms with Gasteiger partial charge in [-0.3, -0.25) is 0 Å². The molecule has 0 aromatic carbocycles. The molecule has 22 heavy (non-hydrogen) atoms. The molecular formula is C16H26N4S2. The molecule has 0 bridgehead atoms. The predicted molar refractivity (Wildman–Crippen MR) is 99.2 cm³/mol. The zero-order chi connectivity index (χ0) is 15.4. The molecule has 4 nitrogen and oxygen atoms in total. The fraction of sp³-hybridized carbons (Fsp3) is 0.750. The van der Waals surface area contributed by atoms with Crippen molar-refractivity contribution in [3.05, 3.63) is 12.4 Å². The SMILES string of the molecule is CSC1CCC(Nc2cc(NC3CCC(SC)C3)ncn2)C1. The van der Waals surface area contributed by atoms with Crippen LogP contribution in [0.2, 0.25) is 0 Å². The van der Waals surface area contributed by atoms with Gasteiger partial charge in [0.15, 0.2) is 0 Å². The summed E-state index contributed by atoms with van der Waals surface area (Å²) in [7, 11) is 0. The first-order chi connectivity index (χ1) is 10.8. The number of rotatable bonds is 6. The van der Waals surface area contributed by atoms with E-state index in [4.69, 9.17) is 0 Å². The minimum atomic E-state index is 0.563. The van der Waals surface area contributed by atoms with Crippen LogP contribution in [0.25, 0.3) is 0 Å². The first-order valence-corrected chi connectivity index (χ1v) is 10.7. The van der Waals surface area contributed by atoms with E-state index in [2.05, 4.69) is 39.2 Å². The van der Waals surface area contributed by atoms with Crippen LogP contribution in [0.3, 0.4) is 0 Å². The Bertz CT molecular complexity index is 446. The van der Waals surface area contributed by atoms with E-state index in [1.807, 2.05) is 23.5 Å². The van der Waals surface area contributed by atoms with Gasteiger partial charge < -0.3 is 10.6 Å². The Morgan fingerprint density at radius 1 is 0.864 bits per heavy atom. The second-order valence-electron chi connectivity index (χ2n) is 6.31. The van der Waals surface area contributed by atoms with E-state index in [0.29, 0.717) is 12.1 Å². The first kappa shape index (κ1) is 16.2. The summed E-state index contributed by atoms with van der Waals surface area (Å²) >= 11 is 3.97. The van der Waals surface area contributed by atoms with Crippen molar-refractivity contribution >= 4 is 35.2 Å². The van der Waals surface area contributed by atoms with E-state index >= 15 is 0 Å². The summed E-state index contributed by atoms with van der Waals surface area (Å²) < 4.78 is 0. The third kappa shape index (κ3) is 4.22. The molecule has 2 saturated carbocycles. The lowest BCUT2D eigenvalue weighted by molar-refractivity contribution is 0.744. The maximum atomic E-state index is 4.39. The van der Waals surface area contributed by atoms with Gasteiger partial charge in [0.05, 0.1) is 0 Å². The second-order valence-corrected chi connectivity index (χ2v) is 8.59. The predicted octanol–water partition coefficient (Wildman–Crippen LogP) is 3.87. The summed E-state index contributed by atoms with van der Waals surface area (Å²) in [6.45, 7) is 0. The molecular weight excluding hydrogens is 312 g/mol. The molecule has 0 amide bonds. The van der Waals surface area contributed by atoms with Gasteiger partial charge >= 0.3 is 0 Å². The quantitative estimate of drug-likeness (QED) is 0.821. The normalized spacial score (nSPS) is 31.4. The summed E-state index contributed by atoms with van der Waals surface area (Å²) in [5.41, 5.74) is 0. The fourth-order valence-electron chi connectivity index (χ4n) is 3.50. The van der Waals surface area contributed by atoms with Gasteiger partial charge in [-0.2, -0.15) is 23.5 Å². The van der Waals surface area contributed by atoms with Crippen LogP contribution in [0.1, 0.15) is 38.5 Å². The average molecular weight is 339 g/mol. The lowest BCUT2D eigenvalue weighted by atomic mass is 10.2. The van der Waals surface area contributed by atoms with Crippen molar-refractivity contribution in [2.45, 2.75) is 61.1 Å². The number of nitrogens with zero attached hydrogens (tertiary/aromatic N) is 2. The Morgan fingerprint density at radius 2 is 1.36 bits per heavy atom. The van der Waals surface area contributed by atoms with Crippen LogP contribution >= 0.6 is 23.5 Å². The Hall–Kier alpha value is -0.620. The van der Waals surface area contributed by atoms with Gasteiger partial charge in [0.1, 0.15) is 18.0 Å². The number of anilines is 2. The van der Waals surface area contributed by atoms with Gasteiger partial charge in [0.2, 0.25) is 0 Å². The molecule has 1 heterocycles. The Morgan fingerprint density at radius 3 is 1.77 bits per heavy atom. The van der Waals surface area contributed by atoms with Crippen LogP contribution in [0, 0.1) is 0 Å². The number of nitrogens with one attached hydrogen (secondary N) is 2. The molecule has 1 aromatic heterocycles. The third-order valence-corrected chi connectivity index (χ3v) is 7.00. The highest BCUT2D eigenvalue weighted by molar-refractivity contribution is 7.99. The van der Waals surface area contributed by atoms with Crippen molar-refractivity contribution in [1.82, 2.24) is 9.97 Å². The molecule has 3 rings (SSSR count). The minimum absolute atomic E-state index is 0.563. The summed E-state index contributed by atoms with van der Waals surface area (Å²) in [5.74, 6) is 1.92. The van der Waals surface area contributed by atoms with E-state index < -0.39 is 0 Å². The number of aromatic nitrogens is 2. The molecule has 2 aliphatic rings. The van der Waals surface area contributed by atoms with Crippen LogP contribution in [0.15, 0.2) is 12.4 Å². The smallest absolute Gasteiger partial charge is 0.131 e. The summed E-state index contributed by atoms with van der Waals surface area (Å²) in [4.78, 5) is 8.77. The Balaban J connectivity index is 1.54. The van der Waals surface area contributed by atoms with Gasteiger partial charge in [0, 0.05) is 28.6 Å². The number of thioether (sulfide) groups is 2. The number of hydrogen-bond acceptors (Lipinski definition) is 6. The van der Waals surface area contributed by atoms with Crippen LogP contribution in [-0.4, -0.2) is 45.1 Å². The van der Waals surface area contributed by atoms with E-state index in [1.54, 1.807) is 6.33 Å². The van der Waals surface area contributed by atoms with Crippen molar-refractivity contribution in [1.29, 1.82) is 0 Å². The van der Waals surface area contributed by atoms with Crippen LogP contribution in [0.5, 0.6) is 0 Å². The molecule has 1 aromatic rings. The standard InChI is InChI=1S/C16H26N4S2/c1-21-13-5-3-11(7-13)19-15-9-16(18-10-17-15)20-12-4-6-14(8-12)22-2/h9-14H,3-8H2,1-2H3,(H2,17,18,19,20). The lowest BCUT2D eigenvalue weighted by Crippen LogP contribution is -2.19. The fourth-order valence-corrected chi connectivity index (χ4v) is 5.10. The molecule has 0 radical (unpaired) electrons. The molecule has 6 heteroatoms. The lowest BCUT2D eigenvalue weighted by Gasteiger charge is -2.16. The van der Waals surface area contributed by atoms with Crippen molar-refractivity contribution < 1.29 is 0 Å². The van der Waals surface area contributed by atoms with Crippen LogP contribution in [0.4, 0.5) is 11.6 Å². The van der Waals surface area contributed by atoms with Gasteiger partial charge in [-0.25, -0.2) is 9.97 Å². The zero-order valence-electron chi connectivity index (χ0n) is 13.4. The largest absolute Gasteiger partial charge is 0.367 e. The molecule has 0 aliphatic heterocycles. The molecule has 0 spiro atoms. The highest BCUT2D eigenvalue weighted by Gasteiger charge is 2.25. The van der Waals surface area contributed by atoms with E-state index in [9.17, 15) is 0 Å². The van der Waals surface area contributed by atoms with Gasteiger partial charge in [-0.15, -0.1) is 0 Å². The van der Waals surface area contributed by atoms with Crippen molar-refractivity contribution in [3.8, 4) is 0 Å². The third-order valence-electron chi connectivity index (χ3n) is 4.81. The Kier molecular flexibility index (Phi) is 5.74. The molecule has 0 saturated heterocycles. The van der Waals surface area contributed by atoms with Crippen molar-refractivity contribution in [2.24, 2.45) is 0 Å². The minimum Gasteiger partial charge on any atom is -0.367 e. The maximum absolute atomic E-state index is 4.39. The van der Waals surface area contributed by atoms with Gasteiger partial charge in [-0.05, 0) is 51.0 Å². The van der Waals surface area contributed by atoms with E-state index in [1.165, 1.54) is 38.5 Å². The Labute approximate surface area is 142 Å². The summed E-state index contributed by atoms with van der Waals surface area (Å²) in [5, 5.41) is 8.77. The first-order valence-electron chi connectivity index (χ1n) is 8.17. The number of hydrogen-bond donors (Lipinski definition) is 2. The van der Waals surface area contributed by atoms with Crippen LogP contribution < -0.4 is 10.6 Å². The molecule has 2 aliphatic carbocycles. The van der Waals surface area contributed by atoms with Crippen molar-refractivity contribution in [2.75, 3.05) is 23.1 Å². The molecule has 4 atom stereocenters. The van der Waals surface area contributed by atoms with E-state index in [-0.39, 0.29) is 0 Å². The monoisotopic (exact) mass is 338 g/mol. The molecule has 2 N–H and O–H groups in total. The molecule has 4 unspecified atom stereocenters.